The van der Waals surface area contributed by atoms with Crippen molar-refractivity contribution in [1.29, 1.82) is 0 Å². The molecule has 0 fully saturated rings. The smallest absolute Gasteiger partial charge is 0.0886 e. The van der Waals surface area contributed by atoms with Crippen molar-refractivity contribution in [2.75, 3.05) is 5.33 Å². The number of aliphatic hydroxyl groups is 1. The third-order valence-corrected chi connectivity index (χ3v) is 2.36. The minimum atomic E-state index is -0.420. The fourth-order valence-electron chi connectivity index (χ4n) is 0.965. The maximum Gasteiger partial charge on any atom is 0.0886 e. The number of hydrogen-bond donors (Lipinski definition) is 2. The number of rotatable bonds is 3. The van der Waals surface area contributed by atoms with Gasteiger partial charge in [0.25, 0.3) is 0 Å². The van der Waals surface area contributed by atoms with Crippen molar-refractivity contribution in [2.45, 2.75) is 12.6 Å². The molecule has 0 radical (unpaired) electrons. The summed E-state index contributed by atoms with van der Waals surface area (Å²) in [6.45, 7) is 0.546. The van der Waals surface area contributed by atoms with Crippen molar-refractivity contribution in [2.24, 2.45) is 5.73 Å². The van der Waals surface area contributed by atoms with Crippen LogP contribution in [-0.4, -0.2) is 10.4 Å². The Hall–Kier alpha value is -0.380. The predicted molar refractivity (Wildman–Crippen MR) is 53.1 cm³/mol. The third-order valence-electron chi connectivity index (χ3n) is 1.75. The molecule has 3 heteroatoms. The van der Waals surface area contributed by atoms with Crippen molar-refractivity contribution in [3.8, 4) is 0 Å². The van der Waals surface area contributed by atoms with Crippen LogP contribution in [0.2, 0.25) is 0 Å². The molecule has 0 saturated heterocycles. The lowest BCUT2D eigenvalue weighted by Crippen LogP contribution is -2.00. The van der Waals surface area contributed by atoms with Crippen LogP contribution in [0, 0.1) is 0 Å². The Balaban J connectivity index is 2.77. The molecule has 1 rings (SSSR count). The van der Waals surface area contributed by atoms with E-state index in [1.165, 1.54) is 0 Å². The van der Waals surface area contributed by atoms with Crippen LogP contribution in [-0.2, 0) is 6.54 Å². The zero-order chi connectivity index (χ0) is 8.97. The number of aliphatic hydroxyl groups excluding tert-OH is 1. The van der Waals surface area contributed by atoms with Crippen molar-refractivity contribution < 1.29 is 5.11 Å². The summed E-state index contributed by atoms with van der Waals surface area (Å²) in [4.78, 5) is 0. The molecular weight excluding hydrogens is 218 g/mol. The molecule has 0 spiro atoms. The monoisotopic (exact) mass is 229 g/mol. The maximum absolute atomic E-state index is 9.41. The minimum Gasteiger partial charge on any atom is -0.388 e. The van der Waals surface area contributed by atoms with Gasteiger partial charge in [0.05, 0.1) is 6.10 Å². The highest BCUT2D eigenvalue weighted by atomic mass is 79.9. The van der Waals surface area contributed by atoms with Crippen LogP contribution in [0.15, 0.2) is 24.3 Å². The Labute approximate surface area is 80.5 Å². The summed E-state index contributed by atoms with van der Waals surface area (Å²) in [5.41, 5.74) is 7.44. The lowest BCUT2D eigenvalue weighted by molar-refractivity contribution is 0.205. The molecular formula is C9H12BrNO. The van der Waals surface area contributed by atoms with E-state index in [1.54, 1.807) is 0 Å². The van der Waals surface area contributed by atoms with E-state index in [4.69, 9.17) is 5.73 Å². The molecule has 0 unspecified atom stereocenters. The van der Waals surface area contributed by atoms with Crippen LogP contribution in [0.4, 0.5) is 0 Å². The van der Waals surface area contributed by atoms with E-state index in [0.717, 1.165) is 11.1 Å². The first kappa shape index (κ1) is 9.71. The van der Waals surface area contributed by atoms with E-state index in [-0.39, 0.29) is 0 Å². The van der Waals surface area contributed by atoms with E-state index in [9.17, 15) is 5.11 Å². The highest BCUT2D eigenvalue weighted by Crippen LogP contribution is 2.15. The fraction of sp³-hybridized carbons (Fsp3) is 0.333. The van der Waals surface area contributed by atoms with Gasteiger partial charge in [-0.1, -0.05) is 40.2 Å². The van der Waals surface area contributed by atoms with Gasteiger partial charge < -0.3 is 10.8 Å². The van der Waals surface area contributed by atoms with Crippen molar-refractivity contribution in [1.82, 2.24) is 0 Å². The van der Waals surface area contributed by atoms with Gasteiger partial charge in [0.2, 0.25) is 0 Å². The number of halogens is 1. The van der Waals surface area contributed by atoms with Crippen LogP contribution in [0.3, 0.4) is 0 Å². The second-order valence-corrected chi connectivity index (χ2v) is 3.26. The summed E-state index contributed by atoms with van der Waals surface area (Å²) >= 11 is 3.21. The number of alkyl halides is 1. The molecule has 0 aliphatic heterocycles. The quantitative estimate of drug-likeness (QED) is 0.774. The second-order valence-electron chi connectivity index (χ2n) is 2.62. The molecule has 0 aromatic heterocycles. The fourth-order valence-corrected chi connectivity index (χ4v) is 1.34. The van der Waals surface area contributed by atoms with Crippen LogP contribution >= 0.6 is 15.9 Å². The maximum atomic E-state index is 9.41. The third kappa shape index (κ3) is 2.30. The number of nitrogens with two attached hydrogens (primary N) is 1. The van der Waals surface area contributed by atoms with Gasteiger partial charge in [0.15, 0.2) is 0 Å². The Morgan fingerprint density at radius 3 is 2.33 bits per heavy atom. The van der Waals surface area contributed by atoms with Crippen LogP contribution < -0.4 is 5.73 Å². The summed E-state index contributed by atoms with van der Waals surface area (Å²) in [5.74, 6) is 0. The Kier molecular flexibility index (Phi) is 3.72. The first-order valence-electron chi connectivity index (χ1n) is 3.81. The highest BCUT2D eigenvalue weighted by molar-refractivity contribution is 9.09. The minimum absolute atomic E-state index is 0.420. The first-order valence-corrected chi connectivity index (χ1v) is 4.93. The van der Waals surface area contributed by atoms with Gasteiger partial charge in [0, 0.05) is 11.9 Å². The van der Waals surface area contributed by atoms with Gasteiger partial charge in [-0.15, -0.1) is 0 Å². The van der Waals surface area contributed by atoms with E-state index in [0.29, 0.717) is 11.9 Å². The molecule has 1 aromatic rings. The van der Waals surface area contributed by atoms with Crippen molar-refractivity contribution in [3.63, 3.8) is 0 Å². The molecule has 0 aliphatic rings. The molecule has 2 nitrogen and oxygen atoms in total. The van der Waals surface area contributed by atoms with Gasteiger partial charge in [-0.05, 0) is 11.1 Å². The van der Waals surface area contributed by atoms with Crippen LogP contribution in [0.5, 0.6) is 0 Å². The Morgan fingerprint density at radius 1 is 1.33 bits per heavy atom. The molecule has 12 heavy (non-hydrogen) atoms. The molecule has 1 aromatic carbocycles. The molecule has 1 atom stereocenters. The molecule has 0 saturated carbocycles. The topological polar surface area (TPSA) is 46.2 Å². The van der Waals surface area contributed by atoms with Crippen molar-refractivity contribution in [3.05, 3.63) is 35.4 Å². The van der Waals surface area contributed by atoms with E-state index in [1.807, 2.05) is 24.3 Å². The molecule has 0 bridgehead atoms. The summed E-state index contributed by atoms with van der Waals surface area (Å²) in [6.07, 6.45) is -0.420. The average molecular weight is 230 g/mol. The second kappa shape index (κ2) is 4.60. The lowest BCUT2D eigenvalue weighted by atomic mass is 10.1. The van der Waals surface area contributed by atoms with Crippen LogP contribution in [0.1, 0.15) is 17.2 Å². The largest absolute Gasteiger partial charge is 0.388 e. The van der Waals surface area contributed by atoms with Crippen molar-refractivity contribution >= 4 is 15.9 Å². The molecule has 0 heterocycles. The Bertz CT molecular complexity index is 235. The SMILES string of the molecule is NCc1ccc([C@H](O)CBr)cc1. The zero-order valence-electron chi connectivity index (χ0n) is 6.70. The van der Waals surface area contributed by atoms with Gasteiger partial charge in [-0.2, -0.15) is 0 Å². The lowest BCUT2D eigenvalue weighted by Gasteiger charge is -2.07. The molecule has 0 aliphatic carbocycles. The van der Waals surface area contributed by atoms with E-state index >= 15 is 0 Å². The summed E-state index contributed by atoms with van der Waals surface area (Å²) in [5, 5.41) is 9.98. The zero-order valence-corrected chi connectivity index (χ0v) is 8.29. The van der Waals surface area contributed by atoms with E-state index in [2.05, 4.69) is 15.9 Å². The van der Waals surface area contributed by atoms with Crippen LogP contribution in [0.25, 0.3) is 0 Å². The normalized spacial score (nSPS) is 12.9. The summed E-state index contributed by atoms with van der Waals surface area (Å²) in [6, 6.07) is 7.66. The number of benzene rings is 1. The molecule has 0 amide bonds. The van der Waals surface area contributed by atoms with E-state index < -0.39 is 6.10 Å². The van der Waals surface area contributed by atoms with Gasteiger partial charge >= 0.3 is 0 Å². The standard InChI is InChI=1S/C9H12BrNO/c10-5-9(12)8-3-1-7(6-11)2-4-8/h1-4,9,12H,5-6,11H2/t9-/m1/s1. The Morgan fingerprint density at radius 2 is 1.92 bits per heavy atom. The number of hydrogen-bond acceptors (Lipinski definition) is 2. The average Bonchev–Trinajstić information content (AvgIpc) is 2.17. The van der Waals surface area contributed by atoms with Gasteiger partial charge in [-0.3, -0.25) is 0 Å². The summed E-state index contributed by atoms with van der Waals surface area (Å²) < 4.78 is 0. The van der Waals surface area contributed by atoms with Gasteiger partial charge in [0.1, 0.15) is 0 Å². The predicted octanol–water partition coefficient (Wildman–Crippen LogP) is 1.57. The highest BCUT2D eigenvalue weighted by Gasteiger charge is 2.03. The first-order chi connectivity index (χ1) is 5.77. The summed E-state index contributed by atoms with van der Waals surface area (Å²) in [7, 11) is 0. The molecule has 3 N–H and O–H groups in total. The molecule has 66 valence electrons. The van der Waals surface area contributed by atoms with Gasteiger partial charge in [-0.25, -0.2) is 0 Å².